The molecule has 0 N–H and O–H groups in total. The van der Waals surface area contributed by atoms with Gasteiger partial charge in [-0.25, -0.2) is 9.97 Å². The van der Waals surface area contributed by atoms with E-state index in [-0.39, 0.29) is 17.5 Å². The van der Waals surface area contributed by atoms with Crippen LogP contribution in [0.25, 0.3) is 43.6 Å². The van der Waals surface area contributed by atoms with Crippen LogP contribution in [-0.4, -0.2) is 26.6 Å². The van der Waals surface area contributed by atoms with Crippen LogP contribution in [0, 0.1) is 0 Å². The zero-order valence-corrected chi connectivity index (χ0v) is 33.0. The van der Waals surface area contributed by atoms with Gasteiger partial charge in [-0.1, -0.05) is 120 Å². The van der Waals surface area contributed by atoms with Gasteiger partial charge in [0.05, 0.1) is 33.3 Å². The van der Waals surface area contributed by atoms with Crippen LogP contribution in [0.1, 0.15) is 52.7 Å². The second-order valence-corrected chi connectivity index (χ2v) is 17.6. The molecule has 7 heteroatoms. The largest absolute Gasteiger partial charge is 0.302 e. The molecule has 9 aromatic rings. The highest BCUT2D eigenvalue weighted by Crippen LogP contribution is 2.44. The van der Waals surface area contributed by atoms with Gasteiger partial charge in [-0.2, -0.15) is 0 Å². The predicted molar refractivity (Wildman–Crippen MR) is 239 cm³/mol. The molecule has 0 saturated heterocycles. The van der Waals surface area contributed by atoms with E-state index in [0.717, 1.165) is 94.6 Å². The van der Waals surface area contributed by atoms with Crippen LogP contribution in [0.5, 0.6) is 0 Å². The smallest absolute Gasteiger partial charge is 0.295 e. The Morgan fingerprint density at radius 1 is 0.404 bits per heavy atom. The van der Waals surface area contributed by atoms with Crippen molar-refractivity contribution in [2.45, 2.75) is 52.4 Å². The lowest BCUT2D eigenvalue weighted by atomic mass is 9.37. The number of rotatable bonds is 2. The highest BCUT2D eigenvalue weighted by Gasteiger charge is 2.47. The SMILES string of the molecule is CC(C)(C)c1ccc(N2c3cccc4c3B(c3nc5cc6ccccc6cc5nc32)c2nc3cc5ccccc5cc3nc2N4c2ccc(C(C)(C)C)cc2)cc1. The first kappa shape index (κ1) is 33.7. The molecule has 0 radical (unpaired) electrons. The minimum atomic E-state index is -0.317. The Bertz CT molecular complexity index is 2900. The molecular weight excluding hydrogens is 695 g/mol. The van der Waals surface area contributed by atoms with E-state index in [1.807, 2.05) is 0 Å². The third-order valence-electron chi connectivity index (χ3n) is 11.9. The number of fused-ring (bicyclic) bond motifs is 8. The van der Waals surface area contributed by atoms with Gasteiger partial charge in [-0.15, -0.1) is 0 Å². The molecule has 0 spiro atoms. The van der Waals surface area contributed by atoms with Gasteiger partial charge in [0.2, 0.25) is 0 Å². The highest BCUT2D eigenvalue weighted by molar-refractivity contribution is 6.99. The van der Waals surface area contributed by atoms with Crippen molar-refractivity contribution in [3.63, 3.8) is 0 Å². The molecule has 2 aliphatic rings. The molecule has 11 rings (SSSR count). The van der Waals surface area contributed by atoms with E-state index in [2.05, 4.69) is 191 Å². The first-order chi connectivity index (χ1) is 27.5. The first-order valence-corrected chi connectivity index (χ1v) is 19.8. The lowest BCUT2D eigenvalue weighted by Crippen LogP contribution is -2.63. The molecule has 0 bridgehead atoms. The van der Waals surface area contributed by atoms with Crippen LogP contribution in [0.2, 0.25) is 0 Å². The maximum Gasteiger partial charge on any atom is 0.302 e. The van der Waals surface area contributed by atoms with Crippen LogP contribution in [0.4, 0.5) is 34.4 Å². The molecule has 0 amide bonds. The molecule has 0 aliphatic carbocycles. The monoisotopic (exact) mass is 736 g/mol. The van der Waals surface area contributed by atoms with Crippen LogP contribution < -0.4 is 26.4 Å². The van der Waals surface area contributed by atoms with E-state index in [0.29, 0.717) is 0 Å². The molecule has 0 unspecified atom stereocenters. The average molecular weight is 737 g/mol. The van der Waals surface area contributed by atoms with Crippen molar-refractivity contribution in [2.24, 2.45) is 0 Å². The average Bonchev–Trinajstić information content (AvgIpc) is 3.20. The second-order valence-electron chi connectivity index (χ2n) is 17.6. The van der Waals surface area contributed by atoms with Crippen molar-refractivity contribution in [1.29, 1.82) is 0 Å². The fraction of sp³-hybridized carbons (Fsp3) is 0.160. The minimum Gasteiger partial charge on any atom is -0.295 e. The second kappa shape index (κ2) is 12.0. The Hall–Kier alpha value is -6.60. The van der Waals surface area contributed by atoms with E-state index in [1.165, 1.54) is 11.1 Å². The molecule has 0 saturated carbocycles. The van der Waals surface area contributed by atoms with Gasteiger partial charge >= 0.3 is 6.71 Å². The third-order valence-corrected chi connectivity index (χ3v) is 11.9. The van der Waals surface area contributed by atoms with E-state index < -0.39 is 0 Å². The zero-order chi connectivity index (χ0) is 38.8. The van der Waals surface area contributed by atoms with Crippen molar-refractivity contribution in [1.82, 2.24) is 19.9 Å². The van der Waals surface area contributed by atoms with Gasteiger partial charge in [-0.05, 0) is 110 Å². The van der Waals surface area contributed by atoms with E-state index in [1.54, 1.807) is 0 Å². The maximum atomic E-state index is 5.60. The molecule has 7 aromatic carbocycles. The summed E-state index contributed by atoms with van der Waals surface area (Å²) < 4.78 is 0. The Labute approximate surface area is 333 Å². The van der Waals surface area contributed by atoms with Gasteiger partial charge in [0, 0.05) is 22.7 Å². The summed E-state index contributed by atoms with van der Waals surface area (Å²) in [6.45, 7) is 13.2. The summed E-state index contributed by atoms with van der Waals surface area (Å²) in [6, 6.07) is 50.1. The quantitative estimate of drug-likeness (QED) is 0.130. The van der Waals surface area contributed by atoms with Crippen molar-refractivity contribution < 1.29 is 0 Å². The summed E-state index contributed by atoms with van der Waals surface area (Å²) in [5.41, 5.74) is 13.1. The van der Waals surface area contributed by atoms with Crippen LogP contribution >= 0.6 is 0 Å². The number of benzene rings is 7. The molecule has 4 heterocycles. The topological polar surface area (TPSA) is 58.0 Å². The lowest BCUT2D eigenvalue weighted by molar-refractivity contribution is 0.590. The number of anilines is 6. The number of nitrogens with zero attached hydrogens (tertiary/aromatic N) is 6. The van der Waals surface area contributed by atoms with Crippen LogP contribution in [-0.2, 0) is 10.8 Å². The summed E-state index contributed by atoms with van der Waals surface area (Å²) in [6.07, 6.45) is 0. The van der Waals surface area contributed by atoms with E-state index >= 15 is 0 Å². The normalized spacial score (nSPS) is 13.7. The van der Waals surface area contributed by atoms with Gasteiger partial charge < -0.3 is 0 Å². The lowest BCUT2D eigenvalue weighted by Gasteiger charge is -2.42. The van der Waals surface area contributed by atoms with E-state index in [4.69, 9.17) is 19.9 Å². The Morgan fingerprint density at radius 3 is 1.11 bits per heavy atom. The molecule has 274 valence electrons. The third kappa shape index (κ3) is 5.25. The molecule has 0 fully saturated rings. The molecule has 0 atom stereocenters. The summed E-state index contributed by atoms with van der Waals surface area (Å²) in [5, 5.41) is 4.55. The summed E-state index contributed by atoms with van der Waals surface area (Å²) in [5.74, 6) is 1.62. The molecule has 2 aliphatic heterocycles. The highest BCUT2D eigenvalue weighted by atomic mass is 15.3. The number of aromatic nitrogens is 4. The Morgan fingerprint density at radius 2 is 0.754 bits per heavy atom. The minimum absolute atomic E-state index is 0.0198. The van der Waals surface area contributed by atoms with Gasteiger partial charge in [-0.3, -0.25) is 19.8 Å². The summed E-state index contributed by atoms with van der Waals surface area (Å²) >= 11 is 0. The van der Waals surface area contributed by atoms with Crippen molar-refractivity contribution in [3.05, 3.63) is 151 Å². The van der Waals surface area contributed by atoms with E-state index in [9.17, 15) is 0 Å². The fourth-order valence-corrected chi connectivity index (χ4v) is 8.81. The van der Waals surface area contributed by atoms with Gasteiger partial charge in [0.1, 0.15) is 0 Å². The molecular formula is C50H41BN6. The molecule has 2 aromatic heterocycles. The van der Waals surface area contributed by atoms with Crippen molar-refractivity contribution in [2.75, 3.05) is 9.80 Å². The number of hydrogen-bond donors (Lipinski definition) is 0. The first-order valence-electron chi connectivity index (χ1n) is 19.8. The van der Waals surface area contributed by atoms with Gasteiger partial charge in [0.15, 0.2) is 11.6 Å². The number of hydrogen-bond acceptors (Lipinski definition) is 6. The fourth-order valence-electron chi connectivity index (χ4n) is 8.81. The summed E-state index contributed by atoms with van der Waals surface area (Å²) in [7, 11) is 0. The zero-order valence-electron chi connectivity index (χ0n) is 33.0. The van der Waals surface area contributed by atoms with Crippen LogP contribution in [0.3, 0.4) is 0 Å². The summed E-state index contributed by atoms with van der Waals surface area (Å²) in [4.78, 5) is 26.9. The predicted octanol–water partition coefficient (Wildman–Crippen LogP) is 10.6. The van der Waals surface area contributed by atoms with Gasteiger partial charge in [0.25, 0.3) is 0 Å². The van der Waals surface area contributed by atoms with Crippen molar-refractivity contribution in [3.8, 4) is 0 Å². The maximum absolute atomic E-state index is 5.60. The molecule has 6 nitrogen and oxygen atoms in total. The van der Waals surface area contributed by atoms with Crippen molar-refractivity contribution >= 4 is 101 Å². The Kier molecular flexibility index (Phi) is 7.07. The molecule has 57 heavy (non-hydrogen) atoms. The standard InChI is InChI=1S/C50H41BN6/c1-49(2,3)34-18-22-36(23-19-34)56-42-16-11-17-43-44(42)51(45-47(56)54-40-28-32-14-9-7-12-30(32)26-38(40)52-45)46-48(57(43)37-24-20-35(21-25-37)50(4,5)6)55-41-29-33-15-10-8-13-31(33)27-39(41)53-46/h7-29H,1-6H3. The Balaban J connectivity index is 1.23. The van der Waals surface area contributed by atoms with Crippen LogP contribution in [0.15, 0.2) is 140 Å².